The summed E-state index contributed by atoms with van der Waals surface area (Å²) in [6, 6.07) is 0.944. The van der Waals surface area contributed by atoms with Crippen molar-refractivity contribution < 1.29 is 64.4 Å². The first-order valence-corrected chi connectivity index (χ1v) is 14.1. The Kier molecular flexibility index (Phi) is 11.3. The summed E-state index contributed by atoms with van der Waals surface area (Å²) in [4.78, 5) is 42.0. The Bertz CT molecular complexity index is 1400. The molecule has 0 fully saturated rings. The summed E-state index contributed by atoms with van der Waals surface area (Å²) in [7, 11) is 3.58. The van der Waals surface area contributed by atoms with E-state index < -0.39 is 78.4 Å². The van der Waals surface area contributed by atoms with Crippen LogP contribution in [-0.2, 0) is 37.9 Å². The van der Waals surface area contributed by atoms with Crippen LogP contribution in [0.3, 0.4) is 0 Å². The first-order chi connectivity index (χ1) is 21.5. The van der Waals surface area contributed by atoms with E-state index in [0.29, 0.717) is 18.6 Å². The molecule has 16 heteroatoms. The Balaban J connectivity index is 2.30. The number of methoxy groups -OCH3 is 3. The molecule has 2 aromatic carbocycles. The molecule has 10 nitrogen and oxygen atoms in total. The van der Waals surface area contributed by atoms with Gasteiger partial charge in [-0.05, 0) is 50.1 Å². The summed E-state index contributed by atoms with van der Waals surface area (Å²) < 4.78 is 108. The third-order valence-electron chi connectivity index (χ3n) is 7.33. The monoisotopic (exact) mass is 664 g/mol. The highest BCUT2D eigenvalue weighted by Gasteiger charge is 2.46. The molecule has 2 amide bonds. The average molecular weight is 665 g/mol. The number of esters is 1. The highest BCUT2D eigenvalue weighted by atomic mass is 19.4. The summed E-state index contributed by atoms with van der Waals surface area (Å²) in [6.07, 6.45) is -12.9. The Morgan fingerprint density at radius 2 is 1.48 bits per heavy atom. The summed E-state index contributed by atoms with van der Waals surface area (Å²) in [6.45, 7) is 4.00. The topological polar surface area (TPSA) is 104 Å². The lowest BCUT2D eigenvalue weighted by Crippen LogP contribution is -2.53. The van der Waals surface area contributed by atoms with Crippen LogP contribution in [0.5, 0.6) is 11.5 Å². The summed E-state index contributed by atoms with van der Waals surface area (Å²) >= 11 is 0. The van der Waals surface area contributed by atoms with Crippen LogP contribution < -0.4 is 14.4 Å². The van der Waals surface area contributed by atoms with Crippen LogP contribution in [0.2, 0.25) is 0 Å². The number of alkyl halides is 6. The molecule has 0 N–H and O–H groups in total. The van der Waals surface area contributed by atoms with Crippen molar-refractivity contribution in [2.24, 2.45) is 0 Å². The van der Waals surface area contributed by atoms with E-state index in [1.165, 1.54) is 33.3 Å². The molecule has 0 radical (unpaired) electrons. The van der Waals surface area contributed by atoms with Crippen LogP contribution in [0, 0.1) is 0 Å². The number of rotatable bonds is 9. The normalized spacial score (nSPS) is 17.0. The largest absolute Gasteiger partial charge is 0.493 e. The lowest BCUT2D eigenvalue weighted by Gasteiger charge is -2.43. The number of hydrogen-bond donors (Lipinski definition) is 0. The highest BCUT2D eigenvalue weighted by Crippen LogP contribution is 2.47. The van der Waals surface area contributed by atoms with Crippen LogP contribution in [0.4, 0.5) is 41.6 Å². The lowest BCUT2D eigenvalue weighted by atomic mass is 9.89. The van der Waals surface area contributed by atoms with Crippen LogP contribution in [0.1, 0.15) is 61.9 Å². The van der Waals surface area contributed by atoms with E-state index in [9.17, 15) is 40.7 Å². The minimum Gasteiger partial charge on any atom is -0.493 e. The molecule has 1 heterocycles. The van der Waals surface area contributed by atoms with Gasteiger partial charge in [-0.25, -0.2) is 14.4 Å². The molecule has 0 bridgehead atoms. The van der Waals surface area contributed by atoms with E-state index in [-0.39, 0.29) is 35.4 Å². The summed E-state index contributed by atoms with van der Waals surface area (Å²) in [5.74, 6) is -0.695. The zero-order chi connectivity index (χ0) is 34.6. The van der Waals surface area contributed by atoms with Gasteiger partial charge in [0.05, 0.1) is 50.8 Å². The molecular formula is C30H34F6N2O8. The number of carbonyl (C=O) groups is 3. The van der Waals surface area contributed by atoms with E-state index in [1.54, 1.807) is 13.8 Å². The summed E-state index contributed by atoms with van der Waals surface area (Å²) in [5, 5.41) is 0. The number of ether oxygens (including phenoxy) is 5. The average Bonchev–Trinajstić information content (AvgIpc) is 3.00. The number of nitrogens with zero attached hydrogens (tertiary/aromatic N) is 2. The van der Waals surface area contributed by atoms with E-state index in [2.05, 4.69) is 0 Å². The van der Waals surface area contributed by atoms with Gasteiger partial charge in [0.25, 0.3) is 0 Å². The van der Waals surface area contributed by atoms with Crippen LogP contribution in [0.15, 0.2) is 30.3 Å². The van der Waals surface area contributed by atoms with E-state index in [4.69, 9.17) is 23.7 Å². The van der Waals surface area contributed by atoms with Crippen molar-refractivity contribution in [2.45, 2.75) is 70.7 Å². The van der Waals surface area contributed by atoms with Crippen LogP contribution in [-0.4, -0.2) is 63.1 Å². The van der Waals surface area contributed by atoms with Gasteiger partial charge in [-0.15, -0.1) is 0 Å². The molecule has 0 spiro atoms. The molecule has 2 aromatic rings. The third-order valence-corrected chi connectivity index (χ3v) is 7.33. The molecule has 46 heavy (non-hydrogen) atoms. The number of halogens is 6. The zero-order valence-electron chi connectivity index (χ0n) is 25.9. The molecule has 254 valence electrons. The van der Waals surface area contributed by atoms with Crippen molar-refractivity contribution in [1.29, 1.82) is 0 Å². The van der Waals surface area contributed by atoms with Crippen molar-refractivity contribution >= 4 is 23.8 Å². The maximum absolute atomic E-state index is 13.7. The molecule has 0 saturated carbocycles. The van der Waals surface area contributed by atoms with Crippen molar-refractivity contribution in [3.8, 4) is 11.5 Å². The fourth-order valence-electron chi connectivity index (χ4n) is 4.97. The van der Waals surface area contributed by atoms with Gasteiger partial charge in [0.15, 0.2) is 11.5 Å². The first-order valence-electron chi connectivity index (χ1n) is 14.1. The fourth-order valence-corrected chi connectivity index (χ4v) is 4.97. The molecule has 0 saturated heterocycles. The first kappa shape index (κ1) is 36.1. The number of anilines is 1. The predicted octanol–water partition coefficient (Wildman–Crippen LogP) is 7.13. The fraction of sp³-hybridized carbons (Fsp3) is 0.500. The molecule has 0 aliphatic carbocycles. The molecule has 3 atom stereocenters. The van der Waals surface area contributed by atoms with Gasteiger partial charge in [0, 0.05) is 24.6 Å². The van der Waals surface area contributed by atoms with Crippen molar-refractivity contribution in [1.82, 2.24) is 4.90 Å². The van der Waals surface area contributed by atoms with Crippen LogP contribution >= 0.6 is 0 Å². The van der Waals surface area contributed by atoms with E-state index >= 15 is 0 Å². The number of benzene rings is 2. The SMILES string of the molecule is CCOC(=O)C1CC(N(Cc2cc(C(F)(F)F)cc(C(F)(F)F)c2)C(=O)OC)c2cc(OC)c(OC)cc2N1C(=O)OC(C)CC. The van der Waals surface area contributed by atoms with Crippen molar-refractivity contribution in [2.75, 3.05) is 32.8 Å². The maximum Gasteiger partial charge on any atom is 0.416 e. The second-order valence-electron chi connectivity index (χ2n) is 10.3. The van der Waals surface area contributed by atoms with E-state index in [1.807, 2.05) is 0 Å². The minimum absolute atomic E-state index is 0.00539. The van der Waals surface area contributed by atoms with Gasteiger partial charge in [-0.1, -0.05) is 6.92 Å². The Hall–Kier alpha value is -4.37. The zero-order valence-corrected chi connectivity index (χ0v) is 25.9. The molecule has 3 unspecified atom stereocenters. The van der Waals surface area contributed by atoms with Gasteiger partial charge in [0.1, 0.15) is 12.1 Å². The number of hydrogen-bond acceptors (Lipinski definition) is 8. The summed E-state index contributed by atoms with van der Waals surface area (Å²) in [5.41, 5.74) is -3.57. The van der Waals surface area contributed by atoms with Gasteiger partial charge >= 0.3 is 30.5 Å². The molecular weight excluding hydrogens is 630 g/mol. The quantitative estimate of drug-likeness (QED) is 0.159. The van der Waals surface area contributed by atoms with Gasteiger partial charge in [-0.2, -0.15) is 26.3 Å². The second-order valence-corrected chi connectivity index (χ2v) is 10.3. The van der Waals surface area contributed by atoms with Gasteiger partial charge < -0.3 is 23.7 Å². The van der Waals surface area contributed by atoms with Crippen molar-refractivity contribution in [3.05, 3.63) is 52.6 Å². The molecule has 0 aromatic heterocycles. The second kappa shape index (κ2) is 14.4. The number of amides is 2. The van der Waals surface area contributed by atoms with Crippen LogP contribution in [0.25, 0.3) is 0 Å². The van der Waals surface area contributed by atoms with Gasteiger partial charge in [-0.3, -0.25) is 9.80 Å². The Labute approximate surface area is 261 Å². The molecule has 3 rings (SSSR count). The molecule has 1 aliphatic heterocycles. The standard InChI is InChI=1S/C30H34F6N2O8/c1-7-16(3)46-28(41)38-22-14-25(43-5)24(42-4)12-20(22)21(13-23(38)26(39)45-8-2)37(27(40)44-6)15-17-9-18(29(31,32)33)11-19(10-17)30(34,35)36/h9-12,14,16,21,23H,7-8,13,15H2,1-6H3. The smallest absolute Gasteiger partial charge is 0.416 e. The Morgan fingerprint density at radius 3 is 1.96 bits per heavy atom. The number of carbonyl (C=O) groups excluding carboxylic acids is 3. The third kappa shape index (κ3) is 7.88. The van der Waals surface area contributed by atoms with E-state index in [0.717, 1.165) is 16.9 Å². The molecule has 1 aliphatic rings. The maximum atomic E-state index is 13.7. The Morgan fingerprint density at radius 1 is 0.913 bits per heavy atom. The lowest BCUT2D eigenvalue weighted by molar-refractivity contribution is -0.146. The van der Waals surface area contributed by atoms with Gasteiger partial charge in [0.2, 0.25) is 0 Å². The highest BCUT2D eigenvalue weighted by molar-refractivity contribution is 5.98. The number of fused-ring (bicyclic) bond motifs is 1. The van der Waals surface area contributed by atoms with Crippen molar-refractivity contribution in [3.63, 3.8) is 0 Å². The minimum atomic E-state index is -5.14. The predicted molar refractivity (Wildman–Crippen MR) is 150 cm³/mol.